The van der Waals surface area contributed by atoms with Gasteiger partial charge in [0.25, 0.3) is 0 Å². The fourth-order valence-electron chi connectivity index (χ4n) is 2.61. The number of carbonyl (C=O) groups excluding carboxylic acids is 1. The van der Waals surface area contributed by atoms with E-state index in [9.17, 15) is 9.90 Å². The molecule has 0 aliphatic heterocycles. The zero-order valence-corrected chi connectivity index (χ0v) is 11.9. The maximum atomic E-state index is 11.2. The Kier molecular flexibility index (Phi) is 6.09. The van der Waals surface area contributed by atoms with Crippen LogP contribution in [0.3, 0.4) is 0 Å². The summed E-state index contributed by atoms with van der Waals surface area (Å²) in [7, 11) is 1.40. The Morgan fingerprint density at radius 3 is 2.61 bits per heavy atom. The predicted molar refractivity (Wildman–Crippen MR) is 71.2 cm³/mol. The first-order chi connectivity index (χ1) is 8.50. The molecule has 106 valence electrons. The first kappa shape index (κ1) is 15.4. The molecule has 0 saturated heterocycles. The third-order valence-corrected chi connectivity index (χ3v) is 4.12. The highest BCUT2D eigenvalue weighted by Crippen LogP contribution is 2.33. The first-order valence-corrected chi connectivity index (χ1v) is 7.01. The van der Waals surface area contributed by atoms with Crippen molar-refractivity contribution in [3.63, 3.8) is 0 Å². The Morgan fingerprint density at radius 1 is 1.50 bits per heavy atom. The average molecular weight is 257 g/mol. The van der Waals surface area contributed by atoms with Crippen molar-refractivity contribution in [2.75, 3.05) is 20.2 Å². The van der Waals surface area contributed by atoms with Gasteiger partial charge in [0.15, 0.2) is 0 Å². The Morgan fingerprint density at radius 2 is 2.11 bits per heavy atom. The lowest BCUT2D eigenvalue weighted by molar-refractivity contribution is -0.144. The number of rotatable bonds is 6. The Balaban J connectivity index is 2.24. The van der Waals surface area contributed by atoms with E-state index in [4.69, 9.17) is 0 Å². The minimum absolute atomic E-state index is 0.161. The minimum atomic E-state index is -0.582. The molecule has 18 heavy (non-hydrogen) atoms. The standard InChI is InChI=1S/C14H27NO3/c1-4-12-5-7-14(17,8-6-12)10-15-9-11(2)13(16)18-3/h11-12,15,17H,4-10H2,1-3H3. The van der Waals surface area contributed by atoms with Crippen LogP contribution < -0.4 is 5.32 Å². The second-order valence-corrected chi connectivity index (χ2v) is 5.63. The van der Waals surface area contributed by atoms with Gasteiger partial charge in [0, 0.05) is 13.1 Å². The molecule has 2 N–H and O–H groups in total. The molecule has 0 heterocycles. The van der Waals surface area contributed by atoms with Gasteiger partial charge in [0.1, 0.15) is 0 Å². The molecule has 4 heteroatoms. The number of aliphatic hydroxyl groups is 1. The lowest BCUT2D eigenvalue weighted by Crippen LogP contribution is -2.45. The fourth-order valence-corrected chi connectivity index (χ4v) is 2.61. The molecule has 1 saturated carbocycles. The van der Waals surface area contributed by atoms with E-state index >= 15 is 0 Å². The topological polar surface area (TPSA) is 58.6 Å². The molecule has 0 aromatic heterocycles. The third kappa shape index (κ3) is 4.58. The maximum Gasteiger partial charge on any atom is 0.309 e. The zero-order valence-electron chi connectivity index (χ0n) is 11.9. The summed E-state index contributed by atoms with van der Waals surface area (Å²) in [5, 5.41) is 13.6. The van der Waals surface area contributed by atoms with E-state index in [1.807, 2.05) is 6.92 Å². The van der Waals surface area contributed by atoms with Crippen LogP contribution in [-0.4, -0.2) is 36.9 Å². The summed E-state index contributed by atoms with van der Waals surface area (Å²) < 4.78 is 4.67. The molecule has 0 spiro atoms. The van der Waals surface area contributed by atoms with Crippen LogP contribution in [0.4, 0.5) is 0 Å². The van der Waals surface area contributed by atoms with Gasteiger partial charge in [-0.15, -0.1) is 0 Å². The van der Waals surface area contributed by atoms with E-state index in [1.54, 1.807) is 0 Å². The van der Waals surface area contributed by atoms with Crippen molar-refractivity contribution in [3.05, 3.63) is 0 Å². The number of nitrogens with one attached hydrogen (secondary N) is 1. The maximum absolute atomic E-state index is 11.2. The van der Waals surface area contributed by atoms with E-state index < -0.39 is 5.60 Å². The monoisotopic (exact) mass is 257 g/mol. The average Bonchev–Trinajstić information content (AvgIpc) is 2.38. The van der Waals surface area contributed by atoms with Crippen LogP contribution in [0.2, 0.25) is 0 Å². The zero-order chi connectivity index (χ0) is 13.6. The van der Waals surface area contributed by atoms with Crippen LogP contribution in [0.5, 0.6) is 0 Å². The second-order valence-electron chi connectivity index (χ2n) is 5.63. The summed E-state index contributed by atoms with van der Waals surface area (Å²) in [5.74, 6) is 0.411. The van der Waals surface area contributed by atoms with Crippen molar-refractivity contribution in [3.8, 4) is 0 Å². The highest BCUT2D eigenvalue weighted by Gasteiger charge is 2.32. The quantitative estimate of drug-likeness (QED) is 0.711. The molecule has 1 rings (SSSR count). The number of hydrogen-bond acceptors (Lipinski definition) is 4. The molecule has 0 radical (unpaired) electrons. The van der Waals surface area contributed by atoms with Gasteiger partial charge in [-0.1, -0.05) is 20.3 Å². The molecule has 0 aromatic rings. The van der Waals surface area contributed by atoms with Crippen LogP contribution in [0.1, 0.15) is 46.0 Å². The smallest absolute Gasteiger partial charge is 0.309 e. The van der Waals surface area contributed by atoms with E-state index in [2.05, 4.69) is 17.0 Å². The third-order valence-electron chi connectivity index (χ3n) is 4.12. The highest BCUT2D eigenvalue weighted by molar-refractivity contribution is 5.71. The summed E-state index contributed by atoms with van der Waals surface area (Å²) >= 11 is 0. The van der Waals surface area contributed by atoms with Gasteiger partial charge in [-0.2, -0.15) is 0 Å². The Bertz CT molecular complexity index is 260. The Hall–Kier alpha value is -0.610. The summed E-state index contributed by atoms with van der Waals surface area (Å²) in [5.41, 5.74) is -0.582. The van der Waals surface area contributed by atoms with Crippen LogP contribution in [0.15, 0.2) is 0 Å². The number of methoxy groups -OCH3 is 1. The fraction of sp³-hybridized carbons (Fsp3) is 0.929. The van der Waals surface area contributed by atoms with E-state index in [-0.39, 0.29) is 11.9 Å². The van der Waals surface area contributed by atoms with Gasteiger partial charge in [-0.05, 0) is 31.6 Å². The normalized spacial score (nSPS) is 29.9. The van der Waals surface area contributed by atoms with Crippen LogP contribution >= 0.6 is 0 Å². The lowest BCUT2D eigenvalue weighted by atomic mass is 9.78. The Labute approximate surface area is 110 Å². The molecule has 1 aliphatic carbocycles. The summed E-state index contributed by atoms with van der Waals surface area (Å²) in [6.45, 7) is 5.18. The molecular formula is C14H27NO3. The molecule has 1 fully saturated rings. The summed E-state index contributed by atoms with van der Waals surface area (Å²) in [6.07, 6.45) is 5.17. The summed E-state index contributed by atoms with van der Waals surface area (Å²) in [4.78, 5) is 11.2. The van der Waals surface area contributed by atoms with Crippen molar-refractivity contribution < 1.29 is 14.6 Å². The molecule has 1 unspecified atom stereocenters. The predicted octanol–water partition coefficient (Wildman–Crippen LogP) is 1.72. The number of carbonyl (C=O) groups is 1. The van der Waals surface area contributed by atoms with Gasteiger partial charge >= 0.3 is 5.97 Å². The molecule has 0 aromatic carbocycles. The minimum Gasteiger partial charge on any atom is -0.469 e. The second kappa shape index (κ2) is 7.10. The SMILES string of the molecule is CCC1CCC(O)(CNCC(C)C(=O)OC)CC1. The van der Waals surface area contributed by atoms with Crippen molar-refractivity contribution >= 4 is 5.97 Å². The molecular weight excluding hydrogens is 230 g/mol. The van der Waals surface area contributed by atoms with Gasteiger partial charge in [0.05, 0.1) is 18.6 Å². The highest BCUT2D eigenvalue weighted by atomic mass is 16.5. The number of ether oxygens (including phenoxy) is 1. The van der Waals surface area contributed by atoms with Crippen molar-refractivity contribution in [2.45, 2.75) is 51.6 Å². The van der Waals surface area contributed by atoms with Crippen molar-refractivity contribution in [1.29, 1.82) is 0 Å². The molecule has 1 atom stereocenters. The molecule has 4 nitrogen and oxygen atoms in total. The summed E-state index contributed by atoms with van der Waals surface area (Å²) in [6, 6.07) is 0. The largest absolute Gasteiger partial charge is 0.469 e. The van der Waals surface area contributed by atoms with Crippen molar-refractivity contribution in [2.24, 2.45) is 11.8 Å². The van der Waals surface area contributed by atoms with E-state index in [1.165, 1.54) is 13.5 Å². The number of esters is 1. The van der Waals surface area contributed by atoms with Gasteiger partial charge < -0.3 is 15.2 Å². The van der Waals surface area contributed by atoms with Crippen LogP contribution in [0.25, 0.3) is 0 Å². The van der Waals surface area contributed by atoms with Crippen LogP contribution in [0, 0.1) is 11.8 Å². The van der Waals surface area contributed by atoms with Crippen molar-refractivity contribution in [1.82, 2.24) is 5.32 Å². The first-order valence-electron chi connectivity index (χ1n) is 7.01. The molecule has 0 amide bonds. The van der Waals surface area contributed by atoms with E-state index in [0.29, 0.717) is 13.1 Å². The molecule has 1 aliphatic rings. The van der Waals surface area contributed by atoms with Gasteiger partial charge in [-0.3, -0.25) is 4.79 Å². The van der Waals surface area contributed by atoms with Crippen LogP contribution in [-0.2, 0) is 9.53 Å². The van der Waals surface area contributed by atoms with E-state index in [0.717, 1.165) is 31.6 Å². The van der Waals surface area contributed by atoms with Gasteiger partial charge in [0.2, 0.25) is 0 Å². The number of hydrogen-bond donors (Lipinski definition) is 2. The van der Waals surface area contributed by atoms with Gasteiger partial charge in [-0.25, -0.2) is 0 Å². The molecule has 0 bridgehead atoms. The lowest BCUT2D eigenvalue weighted by Gasteiger charge is -2.36.